The first kappa shape index (κ1) is 11.3. The van der Waals surface area contributed by atoms with Crippen LogP contribution in [0.25, 0.3) is 11.0 Å². The van der Waals surface area contributed by atoms with Crippen molar-refractivity contribution in [3.05, 3.63) is 52.8 Å². The fourth-order valence-corrected chi connectivity index (χ4v) is 1.25. The Kier molecular flexibility index (Phi) is 2.86. The lowest BCUT2D eigenvalue weighted by Crippen LogP contribution is -1.95. The molecule has 0 atom stereocenters. The normalized spacial score (nSPS) is 10.3. The standard InChI is InChI=1S/C11H5F3O3/c12-10(13)11(14)16-7-3-1-6-2-4-9(15)17-8(6)5-7/h1-5H. The van der Waals surface area contributed by atoms with Gasteiger partial charge in [0.1, 0.15) is 11.3 Å². The summed E-state index contributed by atoms with van der Waals surface area (Å²) in [7, 11) is 0. The Labute approximate surface area is 92.7 Å². The predicted octanol–water partition coefficient (Wildman–Crippen LogP) is 3.21. The van der Waals surface area contributed by atoms with Gasteiger partial charge >= 0.3 is 17.7 Å². The van der Waals surface area contributed by atoms with E-state index in [1.165, 1.54) is 24.3 Å². The molecule has 0 saturated heterocycles. The molecule has 1 aromatic heterocycles. The molecule has 0 radical (unpaired) electrons. The second kappa shape index (κ2) is 4.32. The highest BCUT2D eigenvalue weighted by molar-refractivity contribution is 5.77. The zero-order valence-electron chi connectivity index (χ0n) is 8.25. The lowest BCUT2D eigenvalue weighted by atomic mass is 10.2. The molecule has 0 amide bonds. The second-order valence-corrected chi connectivity index (χ2v) is 3.09. The molecule has 2 aromatic rings. The molecule has 88 valence electrons. The fraction of sp³-hybridized carbons (Fsp3) is 0. The molecule has 1 heterocycles. The molecule has 6 heteroatoms. The zero-order chi connectivity index (χ0) is 12.4. The van der Waals surface area contributed by atoms with Crippen molar-refractivity contribution in [3.8, 4) is 5.75 Å². The first-order valence-electron chi connectivity index (χ1n) is 4.49. The van der Waals surface area contributed by atoms with Crippen LogP contribution in [0.15, 0.2) is 51.6 Å². The van der Waals surface area contributed by atoms with Crippen molar-refractivity contribution < 1.29 is 22.3 Å². The van der Waals surface area contributed by atoms with Crippen LogP contribution in [-0.4, -0.2) is 0 Å². The molecule has 0 fully saturated rings. The molecule has 0 aliphatic heterocycles. The molecule has 0 aliphatic rings. The second-order valence-electron chi connectivity index (χ2n) is 3.09. The molecule has 0 saturated carbocycles. The zero-order valence-corrected chi connectivity index (χ0v) is 8.25. The van der Waals surface area contributed by atoms with Gasteiger partial charge < -0.3 is 9.15 Å². The van der Waals surface area contributed by atoms with Gasteiger partial charge in [0.2, 0.25) is 0 Å². The van der Waals surface area contributed by atoms with E-state index in [0.717, 1.165) is 6.07 Å². The van der Waals surface area contributed by atoms with Crippen molar-refractivity contribution in [1.29, 1.82) is 0 Å². The van der Waals surface area contributed by atoms with Gasteiger partial charge in [-0.25, -0.2) is 4.79 Å². The van der Waals surface area contributed by atoms with Crippen molar-refractivity contribution in [3.63, 3.8) is 0 Å². The quantitative estimate of drug-likeness (QED) is 0.599. The van der Waals surface area contributed by atoms with Gasteiger partial charge in [0.25, 0.3) is 0 Å². The van der Waals surface area contributed by atoms with Gasteiger partial charge in [-0.15, -0.1) is 0 Å². The van der Waals surface area contributed by atoms with Gasteiger partial charge in [0.05, 0.1) is 0 Å². The van der Waals surface area contributed by atoms with Crippen LogP contribution in [0, 0.1) is 0 Å². The fourth-order valence-electron chi connectivity index (χ4n) is 1.25. The van der Waals surface area contributed by atoms with E-state index >= 15 is 0 Å². The molecule has 0 unspecified atom stereocenters. The van der Waals surface area contributed by atoms with Crippen molar-refractivity contribution in [2.24, 2.45) is 0 Å². The summed E-state index contributed by atoms with van der Waals surface area (Å²) in [5.41, 5.74) is -0.468. The molecule has 3 nitrogen and oxygen atoms in total. The van der Waals surface area contributed by atoms with Crippen LogP contribution in [0.1, 0.15) is 0 Å². The van der Waals surface area contributed by atoms with Crippen LogP contribution in [-0.2, 0) is 0 Å². The monoisotopic (exact) mass is 242 g/mol. The summed E-state index contributed by atoms with van der Waals surface area (Å²) in [5.74, 6) is -0.183. The molecule has 0 spiro atoms. The Morgan fingerprint density at radius 2 is 1.82 bits per heavy atom. The van der Waals surface area contributed by atoms with E-state index < -0.39 is 17.7 Å². The van der Waals surface area contributed by atoms with Gasteiger partial charge in [-0.1, -0.05) is 0 Å². The maximum atomic E-state index is 12.5. The third-order valence-corrected chi connectivity index (χ3v) is 1.95. The Balaban J connectivity index is 2.44. The Bertz CT molecular complexity index is 642. The number of hydrogen-bond acceptors (Lipinski definition) is 3. The molecule has 1 aromatic carbocycles. The van der Waals surface area contributed by atoms with E-state index in [1.807, 2.05) is 0 Å². The maximum Gasteiger partial charge on any atom is 0.344 e. The minimum atomic E-state index is -2.56. The first-order valence-corrected chi connectivity index (χ1v) is 4.49. The lowest BCUT2D eigenvalue weighted by Gasteiger charge is -2.02. The van der Waals surface area contributed by atoms with E-state index in [1.54, 1.807) is 0 Å². The van der Waals surface area contributed by atoms with Crippen LogP contribution >= 0.6 is 0 Å². The Hall–Kier alpha value is -2.24. The average molecular weight is 242 g/mol. The summed E-state index contributed by atoms with van der Waals surface area (Å²) in [6.07, 6.45) is -2.56. The van der Waals surface area contributed by atoms with Crippen LogP contribution in [0.2, 0.25) is 0 Å². The number of rotatable bonds is 2. The average Bonchev–Trinajstić information content (AvgIpc) is 2.28. The topological polar surface area (TPSA) is 39.4 Å². The highest BCUT2D eigenvalue weighted by atomic mass is 19.3. The number of benzene rings is 1. The SMILES string of the molecule is O=c1ccc2ccc(OC(F)=C(F)F)cc2o1. The third-order valence-electron chi connectivity index (χ3n) is 1.95. The highest BCUT2D eigenvalue weighted by Gasteiger charge is 2.08. The van der Waals surface area contributed by atoms with Crippen molar-refractivity contribution >= 4 is 11.0 Å². The van der Waals surface area contributed by atoms with Crippen LogP contribution in [0.3, 0.4) is 0 Å². The molecule has 17 heavy (non-hydrogen) atoms. The molecule has 0 aliphatic carbocycles. The summed E-state index contributed by atoms with van der Waals surface area (Å²) in [6.45, 7) is 0. The molecular formula is C11H5F3O3. The molecule has 2 rings (SSSR count). The Morgan fingerprint density at radius 1 is 1.12 bits per heavy atom. The molecular weight excluding hydrogens is 237 g/mol. The van der Waals surface area contributed by atoms with Gasteiger partial charge in [-0.05, 0) is 18.2 Å². The van der Waals surface area contributed by atoms with E-state index in [0.29, 0.717) is 5.39 Å². The summed E-state index contributed by atoms with van der Waals surface area (Å²) in [4.78, 5) is 10.9. The van der Waals surface area contributed by atoms with Crippen LogP contribution < -0.4 is 10.4 Å². The number of halogens is 3. The number of ether oxygens (including phenoxy) is 1. The van der Waals surface area contributed by atoms with Crippen molar-refractivity contribution in [2.75, 3.05) is 0 Å². The first-order chi connectivity index (χ1) is 8.06. The minimum Gasteiger partial charge on any atom is -0.428 e. The van der Waals surface area contributed by atoms with Gasteiger partial charge in [0.15, 0.2) is 0 Å². The van der Waals surface area contributed by atoms with E-state index in [-0.39, 0.29) is 11.3 Å². The van der Waals surface area contributed by atoms with Crippen LogP contribution in [0.5, 0.6) is 5.75 Å². The lowest BCUT2D eigenvalue weighted by molar-refractivity contribution is 0.241. The summed E-state index contributed by atoms with van der Waals surface area (Å²) < 4.78 is 45.1. The van der Waals surface area contributed by atoms with Crippen molar-refractivity contribution in [2.45, 2.75) is 0 Å². The smallest absolute Gasteiger partial charge is 0.344 e. The number of hydrogen-bond donors (Lipinski definition) is 0. The van der Waals surface area contributed by atoms with Gasteiger partial charge in [-0.2, -0.15) is 13.2 Å². The highest BCUT2D eigenvalue weighted by Crippen LogP contribution is 2.22. The van der Waals surface area contributed by atoms with E-state index in [2.05, 4.69) is 4.74 Å². The van der Waals surface area contributed by atoms with Crippen LogP contribution in [0.4, 0.5) is 13.2 Å². The third kappa shape index (κ3) is 2.47. The maximum absolute atomic E-state index is 12.5. The van der Waals surface area contributed by atoms with Crippen molar-refractivity contribution in [1.82, 2.24) is 0 Å². The molecule has 0 N–H and O–H groups in total. The van der Waals surface area contributed by atoms with E-state index in [4.69, 9.17) is 4.42 Å². The summed E-state index contributed by atoms with van der Waals surface area (Å²) in [6, 6.07) is 4.61. The van der Waals surface area contributed by atoms with Gasteiger partial charge in [-0.3, -0.25) is 0 Å². The minimum absolute atomic E-state index is 0.127. The molecule has 0 bridgehead atoms. The largest absolute Gasteiger partial charge is 0.428 e. The summed E-state index contributed by atoms with van der Waals surface area (Å²) >= 11 is 0. The Morgan fingerprint density at radius 3 is 2.53 bits per heavy atom. The van der Waals surface area contributed by atoms with Gasteiger partial charge in [0, 0.05) is 17.5 Å². The van der Waals surface area contributed by atoms with E-state index in [9.17, 15) is 18.0 Å². The predicted molar refractivity (Wildman–Crippen MR) is 53.5 cm³/mol. The summed E-state index contributed by atoms with van der Waals surface area (Å²) in [5, 5.41) is 0.571. The number of fused-ring (bicyclic) bond motifs is 1.